The van der Waals surface area contributed by atoms with Crippen LogP contribution in [-0.2, 0) is 18.3 Å². The molecular formula is C17H20N4O. The van der Waals surface area contributed by atoms with Crippen molar-refractivity contribution >= 4 is 10.9 Å². The van der Waals surface area contributed by atoms with Gasteiger partial charge in [-0.2, -0.15) is 0 Å². The van der Waals surface area contributed by atoms with Gasteiger partial charge in [0.1, 0.15) is 11.9 Å². The number of aryl methyl sites for hydroxylation is 1. The summed E-state index contributed by atoms with van der Waals surface area (Å²) in [6, 6.07) is 8.80. The lowest BCUT2D eigenvalue weighted by Gasteiger charge is -2.20. The van der Waals surface area contributed by atoms with Crippen LogP contribution in [0.2, 0.25) is 0 Å². The number of benzene rings is 1. The number of imidazole rings is 1. The fraction of sp³-hybridized carbons (Fsp3) is 0.353. The summed E-state index contributed by atoms with van der Waals surface area (Å²) in [5.41, 5.74) is 2.50. The third-order valence-corrected chi connectivity index (χ3v) is 4.43. The molecular weight excluding hydrogens is 276 g/mol. The first-order chi connectivity index (χ1) is 10.8. The third kappa shape index (κ3) is 2.32. The van der Waals surface area contributed by atoms with E-state index in [2.05, 4.69) is 39.6 Å². The number of para-hydroxylation sites is 1. The van der Waals surface area contributed by atoms with Crippen LogP contribution in [0.25, 0.3) is 10.9 Å². The maximum atomic E-state index is 5.90. The lowest BCUT2D eigenvalue weighted by molar-refractivity contribution is 0.0893. The lowest BCUT2D eigenvalue weighted by atomic mass is 10.1. The molecule has 0 saturated carbocycles. The lowest BCUT2D eigenvalue weighted by Crippen LogP contribution is -2.32. The van der Waals surface area contributed by atoms with Crippen LogP contribution >= 0.6 is 0 Å². The number of aromatic nitrogens is 3. The first kappa shape index (κ1) is 13.5. The van der Waals surface area contributed by atoms with Crippen LogP contribution < -0.4 is 5.32 Å². The van der Waals surface area contributed by atoms with E-state index in [0.717, 1.165) is 25.4 Å². The molecule has 3 aromatic rings. The average Bonchev–Trinajstić information content (AvgIpc) is 3.24. The molecule has 1 aliphatic heterocycles. The molecule has 4 rings (SSSR count). The van der Waals surface area contributed by atoms with Gasteiger partial charge < -0.3 is 19.6 Å². The van der Waals surface area contributed by atoms with Gasteiger partial charge in [-0.1, -0.05) is 18.2 Å². The molecule has 0 aliphatic carbocycles. The van der Waals surface area contributed by atoms with Gasteiger partial charge in [0, 0.05) is 50.3 Å². The van der Waals surface area contributed by atoms with Crippen molar-refractivity contribution in [3.05, 3.63) is 54.2 Å². The molecule has 1 saturated heterocycles. The summed E-state index contributed by atoms with van der Waals surface area (Å²) < 4.78 is 7.94. The minimum atomic E-state index is 0.0304. The highest BCUT2D eigenvalue weighted by Gasteiger charge is 2.32. The van der Waals surface area contributed by atoms with Crippen LogP contribution in [-0.4, -0.2) is 27.2 Å². The number of fused-ring (bicyclic) bond motifs is 1. The maximum absolute atomic E-state index is 5.90. The summed E-state index contributed by atoms with van der Waals surface area (Å²) >= 11 is 0. The number of ether oxygens (including phenoxy) is 1. The van der Waals surface area contributed by atoms with Crippen molar-refractivity contribution in [1.29, 1.82) is 0 Å². The summed E-state index contributed by atoms with van der Waals surface area (Å²) in [7, 11) is 2.01. The van der Waals surface area contributed by atoms with Crippen molar-refractivity contribution in [3.63, 3.8) is 0 Å². The van der Waals surface area contributed by atoms with Crippen LogP contribution in [0.1, 0.15) is 23.9 Å². The number of rotatable bonds is 4. The number of nitrogens with zero attached hydrogens (tertiary/aromatic N) is 2. The Kier molecular flexibility index (Phi) is 3.44. The Morgan fingerprint density at radius 3 is 3.23 bits per heavy atom. The Hall–Kier alpha value is -2.11. The Morgan fingerprint density at radius 2 is 2.36 bits per heavy atom. The fourth-order valence-corrected chi connectivity index (χ4v) is 3.24. The molecule has 2 N–H and O–H groups in total. The van der Waals surface area contributed by atoms with Crippen molar-refractivity contribution in [1.82, 2.24) is 19.9 Å². The molecule has 1 aliphatic rings. The normalized spacial score (nSPS) is 21.7. The van der Waals surface area contributed by atoms with E-state index in [0.29, 0.717) is 6.04 Å². The van der Waals surface area contributed by atoms with Crippen LogP contribution in [0.4, 0.5) is 0 Å². The van der Waals surface area contributed by atoms with E-state index >= 15 is 0 Å². The zero-order chi connectivity index (χ0) is 14.9. The van der Waals surface area contributed by atoms with Crippen molar-refractivity contribution < 1.29 is 4.74 Å². The van der Waals surface area contributed by atoms with Gasteiger partial charge in [-0.3, -0.25) is 0 Å². The highest BCUT2D eigenvalue weighted by atomic mass is 16.5. The van der Waals surface area contributed by atoms with Gasteiger partial charge in [-0.15, -0.1) is 0 Å². The molecule has 0 amide bonds. The molecule has 1 fully saturated rings. The van der Waals surface area contributed by atoms with Crippen LogP contribution in [0.5, 0.6) is 0 Å². The number of hydrogen-bond donors (Lipinski definition) is 2. The molecule has 22 heavy (non-hydrogen) atoms. The molecule has 0 unspecified atom stereocenters. The van der Waals surface area contributed by atoms with E-state index < -0.39 is 0 Å². The number of hydrogen-bond acceptors (Lipinski definition) is 3. The molecule has 0 spiro atoms. The third-order valence-electron chi connectivity index (χ3n) is 4.43. The molecule has 3 heterocycles. The summed E-state index contributed by atoms with van der Waals surface area (Å²) in [6.45, 7) is 1.61. The van der Waals surface area contributed by atoms with E-state index in [1.54, 1.807) is 0 Å². The standard InChI is InChI=1S/C17H20N4O/c1-21-9-8-19-17(21)16-14(6-10-22-16)20-11-13-4-2-3-12-5-7-18-15(12)13/h2-5,7-9,14,16,18,20H,6,10-11H2,1H3/t14-,16-/m0/s1. The van der Waals surface area contributed by atoms with Gasteiger partial charge in [0.2, 0.25) is 0 Å². The molecule has 1 aromatic carbocycles. The van der Waals surface area contributed by atoms with Crippen LogP contribution in [0.15, 0.2) is 42.9 Å². The smallest absolute Gasteiger partial charge is 0.139 e. The van der Waals surface area contributed by atoms with E-state index in [-0.39, 0.29) is 6.10 Å². The zero-order valence-electron chi connectivity index (χ0n) is 12.6. The maximum Gasteiger partial charge on any atom is 0.139 e. The predicted molar refractivity (Wildman–Crippen MR) is 85.4 cm³/mol. The summed E-state index contributed by atoms with van der Waals surface area (Å²) in [4.78, 5) is 7.76. The largest absolute Gasteiger partial charge is 0.369 e. The minimum absolute atomic E-state index is 0.0304. The molecule has 2 atom stereocenters. The minimum Gasteiger partial charge on any atom is -0.369 e. The molecule has 5 nitrogen and oxygen atoms in total. The highest BCUT2D eigenvalue weighted by Crippen LogP contribution is 2.28. The van der Waals surface area contributed by atoms with Gasteiger partial charge in [-0.25, -0.2) is 4.98 Å². The fourth-order valence-electron chi connectivity index (χ4n) is 3.24. The Balaban J connectivity index is 1.51. The van der Waals surface area contributed by atoms with E-state index in [1.807, 2.05) is 30.2 Å². The zero-order valence-corrected chi connectivity index (χ0v) is 12.6. The van der Waals surface area contributed by atoms with Crippen molar-refractivity contribution in [2.75, 3.05) is 6.61 Å². The van der Waals surface area contributed by atoms with Crippen molar-refractivity contribution in [3.8, 4) is 0 Å². The first-order valence-electron chi connectivity index (χ1n) is 7.70. The Labute approximate surface area is 129 Å². The predicted octanol–water partition coefficient (Wildman–Crippen LogP) is 2.52. The van der Waals surface area contributed by atoms with E-state index in [1.165, 1.54) is 16.5 Å². The topological polar surface area (TPSA) is 54.9 Å². The van der Waals surface area contributed by atoms with Crippen LogP contribution in [0.3, 0.4) is 0 Å². The van der Waals surface area contributed by atoms with Crippen molar-refractivity contribution in [2.24, 2.45) is 7.05 Å². The van der Waals surface area contributed by atoms with E-state index in [4.69, 9.17) is 4.74 Å². The van der Waals surface area contributed by atoms with Gasteiger partial charge in [0.25, 0.3) is 0 Å². The second-order valence-corrected chi connectivity index (χ2v) is 5.82. The second-order valence-electron chi connectivity index (χ2n) is 5.82. The van der Waals surface area contributed by atoms with Crippen molar-refractivity contribution in [2.45, 2.75) is 25.1 Å². The molecule has 5 heteroatoms. The summed E-state index contributed by atoms with van der Waals surface area (Å²) in [5, 5.41) is 4.90. The average molecular weight is 296 g/mol. The Bertz CT molecular complexity index is 776. The first-order valence-corrected chi connectivity index (χ1v) is 7.70. The number of nitrogens with one attached hydrogen (secondary N) is 2. The number of H-pyrrole nitrogens is 1. The van der Waals surface area contributed by atoms with Gasteiger partial charge in [-0.05, 0) is 23.4 Å². The second kappa shape index (κ2) is 5.59. The van der Waals surface area contributed by atoms with Gasteiger partial charge >= 0.3 is 0 Å². The quantitative estimate of drug-likeness (QED) is 0.778. The molecule has 0 radical (unpaired) electrons. The van der Waals surface area contributed by atoms with Crippen LogP contribution in [0, 0.1) is 0 Å². The highest BCUT2D eigenvalue weighted by molar-refractivity contribution is 5.82. The molecule has 2 aromatic heterocycles. The van der Waals surface area contributed by atoms with Gasteiger partial charge in [0.05, 0.1) is 0 Å². The SMILES string of the molecule is Cn1ccnc1[C@H]1OCC[C@@H]1NCc1cccc2cc[nH]c12. The monoisotopic (exact) mass is 296 g/mol. The number of aromatic amines is 1. The molecule has 0 bridgehead atoms. The summed E-state index contributed by atoms with van der Waals surface area (Å²) in [5.74, 6) is 0.994. The molecule has 114 valence electrons. The van der Waals surface area contributed by atoms with E-state index in [9.17, 15) is 0 Å². The van der Waals surface area contributed by atoms with Gasteiger partial charge in [0.15, 0.2) is 0 Å². The Morgan fingerprint density at radius 1 is 1.41 bits per heavy atom. The summed E-state index contributed by atoms with van der Waals surface area (Å²) in [6.07, 6.45) is 6.83.